The minimum atomic E-state index is 0.0755. The second-order valence-corrected chi connectivity index (χ2v) is 3.31. The molecule has 1 amide bonds. The molecule has 16 heavy (non-hydrogen) atoms. The molecular weight excluding hydrogens is 202 g/mol. The highest BCUT2D eigenvalue weighted by atomic mass is 16.1. The van der Waals surface area contributed by atoms with E-state index in [4.69, 9.17) is 5.73 Å². The monoisotopic (exact) mass is 229 g/mol. The normalized spacial score (nSPS) is 11.0. The highest BCUT2D eigenvalue weighted by Gasteiger charge is 2.09. The SMILES string of the molecule is C=C(CNC)C(CCCCN)NC=O.CC. The Hall–Kier alpha value is -0.870. The van der Waals surface area contributed by atoms with E-state index in [1.807, 2.05) is 20.9 Å². The quantitative estimate of drug-likeness (QED) is 0.314. The molecular formula is C12H27N3O. The van der Waals surface area contributed by atoms with Crippen molar-refractivity contribution >= 4 is 6.41 Å². The van der Waals surface area contributed by atoms with Crippen LogP contribution in [-0.4, -0.2) is 32.6 Å². The van der Waals surface area contributed by atoms with E-state index in [1.54, 1.807) is 0 Å². The first-order valence-corrected chi connectivity index (χ1v) is 5.98. The maximum absolute atomic E-state index is 10.4. The van der Waals surface area contributed by atoms with E-state index < -0.39 is 0 Å². The molecule has 0 saturated heterocycles. The molecule has 0 saturated carbocycles. The summed E-state index contributed by atoms with van der Waals surface area (Å²) in [4.78, 5) is 10.4. The van der Waals surface area contributed by atoms with Gasteiger partial charge in [-0.25, -0.2) is 0 Å². The van der Waals surface area contributed by atoms with E-state index in [9.17, 15) is 4.79 Å². The Bertz CT molecular complexity index is 172. The second kappa shape index (κ2) is 14.1. The van der Waals surface area contributed by atoms with Crippen LogP contribution >= 0.6 is 0 Å². The number of rotatable bonds is 9. The van der Waals surface area contributed by atoms with Crippen LogP contribution in [0.5, 0.6) is 0 Å². The molecule has 0 aliphatic rings. The Morgan fingerprint density at radius 3 is 2.50 bits per heavy atom. The lowest BCUT2D eigenvalue weighted by Crippen LogP contribution is -2.33. The molecule has 0 radical (unpaired) electrons. The zero-order valence-electron chi connectivity index (χ0n) is 10.9. The maximum Gasteiger partial charge on any atom is 0.207 e. The van der Waals surface area contributed by atoms with Crippen LogP contribution in [-0.2, 0) is 4.79 Å². The molecule has 96 valence electrons. The molecule has 1 atom stereocenters. The fourth-order valence-electron chi connectivity index (χ4n) is 1.33. The molecule has 0 fully saturated rings. The van der Waals surface area contributed by atoms with Gasteiger partial charge >= 0.3 is 0 Å². The van der Waals surface area contributed by atoms with Gasteiger partial charge in [0.05, 0.1) is 6.04 Å². The minimum absolute atomic E-state index is 0.0755. The van der Waals surface area contributed by atoms with Gasteiger partial charge in [-0.05, 0) is 38.4 Å². The predicted octanol–water partition coefficient (Wildman–Crippen LogP) is 1.03. The van der Waals surface area contributed by atoms with Crippen LogP contribution < -0.4 is 16.4 Å². The third kappa shape index (κ3) is 9.68. The molecule has 0 bridgehead atoms. The van der Waals surface area contributed by atoms with Crippen LogP contribution in [0.4, 0.5) is 0 Å². The summed E-state index contributed by atoms with van der Waals surface area (Å²) in [7, 11) is 1.86. The van der Waals surface area contributed by atoms with E-state index in [0.717, 1.165) is 37.8 Å². The highest BCUT2D eigenvalue weighted by molar-refractivity contribution is 5.48. The molecule has 0 aromatic heterocycles. The van der Waals surface area contributed by atoms with Gasteiger partial charge in [-0.3, -0.25) is 4.79 Å². The fraction of sp³-hybridized carbons (Fsp3) is 0.750. The molecule has 0 heterocycles. The Balaban J connectivity index is 0. The number of carbonyl (C=O) groups is 1. The Labute approximate surface area is 99.7 Å². The van der Waals surface area contributed by atoms with Crippen LogP contribution in [0.3, 0.4) is 0 Å². The number of amides is 1. The zero-order chi connectivity index (χ0) is 12.8. The predicted molar refractivity (Wildman–Crippen MR) is 70.3 cm³/mol. The molecule has 4 nitrogen and oxygen atoms in total. The molecule has 0 aromatic carbocycles. The van der Waals surface area contributed by atoms with Crippen molar-refractivity contribution in [3.05, 3.63) is 12.2 Å². The minimum Gasteiger partial charge on any atom is -0.352 e. The van der Waals surface area contributed by atoms with Gasteiger partial charge in [0.2, 0.25) is 6.41 Å². The topological polar surface area (TPSA) is 67.2 Å². The van der Waals surface area contributed by atoms with Gasteiger partial charge in [0.25, 0.3) is 0 Å². The fourth-order valence-corrected chi connectivity index (χ4v) is 1.33. The third-order valence-electron chi connectivity index (χ3n) is 2.11. The standard InChI is InChI=1S/C10H21N3O.C2H6/c1-9(7-12-2)10(13-8-14)5-3-4-6-11;1-2/h8,10,12H,1,3-7,11H2,2H3,(H,13,14);1-2H3. The van der Waals surface area contributed by atoms with Crippen molar-refractivity contribution in [3.8, 4) is 0 Å². The molecule has 4 heteroatoms. The summed E-state index contributed by atoms with van der Waals surface area (Å²) in [5.74, 6) is 0. The second-order valence-electron chi connectivity index (χ2n) is 3.31. The van der Waals surface area contributed by atoms with E-state index in [0.29, 0.717) is 6.54 Å². The molecule has 1 unspecified atom stereocenters. The summed E-state index contributed by atoms with van der Waals surface area (Å²) in [5, 5.41) is 5.78. The van der Waals surface area contributed by atoms with E-state index in [1.165, 1.54) is 0 Å². The van der Waals surface area contributed by atoms with Gasteiger partial charge in [0.1, 0.15) is 0 Å². The average molecular weight is 229 g/mol. The molecule has 4 N–H and O–H groups in total. The van der Waals surface area contributed by atoms with Crippen molar-refractivity contribution in [2.24, 2.45) is 5.73 Å². The van der Waals surface area contributed by atoms with Crippen LogP contribution in [0.1, 0.15) is 33.1 Å². The van der Waals surface area contributed by atoms with Gasteiger partial charge in [0.15, 0.2) is 0 Å². The Morgan fingerprint density at radius 2 is 2.06 bits per heavy atom. The number of unbranched alkanes of at least 4 members (excludes halogenated alkanes) is 1. The number of hydrogen-bond donors (Lipinski definition) is 3. The number of nitrogens with two attached hydrogens (primary N) is 1. The summed E-state index contributed by atoms with van der Waals surface area (Å²) >= 11 is 0. The van der Waals surface area contributed by atoms with E-state index in [2.05, 4.69) is 17.2 Å². The Kier molecular flexibility index (Phi) is 15.5. The summed E-state index contributed by atoms with van der Waals surface area (Å²) < 4.78 is 0. The lowest BCUT2D eigenvalue weighted by atomic mass is 10.0. The summed E-state index contributed by atoms with van der Waals surface area (Å²) in [6, 6.07) is 0.0755. The van der Waals surface area contributed by atoms with Crippen molar-refractivity contribution in [1.29, 1.82) is 0 Å². The summed E-state index contributed by atoms with van der Waals surface area (Å²) in [6.07, 6.45) is 3.65. The number of nitrogens with one attached hydrogen (secondary N) is 2. The lowest BCUT2D eigenvalue weighted by molar-refractivity contribution is -0.110. The van der Waals surface area contributed by atoms with Gasteiger partial charge in [-0.2, -0.15) is 0 Å². The number of carbonyl (C=O) groups excluding carboxylic acids is 1. The maximum atomic E-state index is 10.4. The van der Waals surface area contributed by atoms with E-state index in [-0.39, 0.29) is 6.04 Å². The summed E-state index contributed by atoms with van der Waals surface area (Å²) in [6.45, 7) is 9.36. The molecule has 0 rings (SSSR count). The van der Waals surface area contributed by atoms with Crippen LogP contribution in [0.2, 0.25) is 0 Å². The van der Waals surface area contributed by atoms with Crippen molar-refractivity contribution in [1.82, 2.24) is 10.6 Å². The average Bonchev–Trinajstić information content (AvgIpc) is 2.31. The first-order valence-electron chi connectivity index (χ1n) is 5.98. The van der Waals surface area contributed by atoms with Crippen LogP contribution in [0, 0.1) is 0 Å². The first-order chi connectivity index (χ1) is 7.76. The molecule has 0 aliphatic carbocycles. The van der Waals surface area contributed by atoms with Gasteiger partial charge in [-0.15, -0.1) is 0 Å². The van der Waals surface area contributed by atoms with Crippen molar-refractivity contribution < 1.29 is 4.79 Å². The lowest BCUT2D eigenvalue weighted by Gasteiger charge is -2.18. The molecule has 0 spiro atoms. The first kappa shape index (κ1) is 17.5. The van der Waals surface area contributed by atoms with Gasteiger partial charge < -0.3 is 16.4 Å². The van der Waals surface area contributed by atoms with Crippen LogP contribution in [0.25, 0.3) is 0 Å². The molecule has 0 aliphatic heterocycles. The third-order valence-corrected chi connectivity index (χ3v) is 2.11. The molecule has 0 aromatic rings. The van der Waals surface area contributed by atoms with Gasteiger partial charge in [0, 0.05) is 6.54 Å². The van der Waals surface area contributed by atoms with Crippen molar-refractivity contribution in [2.75, 3.05) is 20.1 Å². The largest absolute Gasteiger partial charge is 0.352 e. The van der Waals surface area contributed by atoms with Crippen molar-refractivity contribution in [3.63, 3.8) is 0 Å². The number of likely N-dealkylation sites (N-methyl/N-ethyl adjacent to an activating group) is 1. The van der Waals surface area contributed by atoms with Gasteiger partial charge in [-0.1, -0.05) is 20.4 Å². The smallest absolute Gasteiger partial charge is 0.207 e. The van der Waals surface area contributed by atoms with E-state index >= 15 is 0 Å². The zero-order valence-corrected chi connectivity index (χ0v) is 10.9. The highest BCUT2D eigenvalue weighted by Crippen LogP contribution is 2.07. The van der Waals surface area contributed by atoms with Crippen LogP contribution in [0.15, 0.2) is 12.2 Å². The van der Waals surface area contributed by atoms with Crippen molar-refractivity contribution in [2.45, 2.75) is 39.2 Å². The summed E-state index contributed by atoms with van der Waals surface area (Å²) in [5.41, 5.74) is 6.41. The Morgan fingerprint density at radius 1 is 1.44 bits per heavy atom. The number of hydrogen-bond acceptors (Lipinski definition) is 3.